The summed E-state index contributed by atoms with van der Waals surface area (Å²) in [6.45, 7) is 0. The van der Waals surface area contributed by atoms with Crippen LogP contribution in [0.15, 0.2) is 22.5 Å². The molecule has 11 heavy (non-hydrogen) atoms. The van der Waals surface area contributed by atoms with Gasteiger partial charge in [0.1, 0.15) is 0 Å². The van der Waals surface area contributed by atoms with Crippen molar-refractivity contribution in [3.8, 4) is 11.7 Å². The molecule has 2 N–H and O–H groups in total. The van der Waals surface area contributed by atoms with Gasteiger partial charge in [0, 0.05) is 0 Å². The van der Waals surface area contributed by atoms with Crippen molar-refractivity contribution in [3.63, 3.8) is 0 Å². The number of phenolic OH excluding ortho intramolecular Hbond substituents is 1. The van der Waals surface area contributed by atoms with Gasteiger partial charge in [0.05, 0.1) is 0 Å². The third-order valence-corrected chi connectivity index (χ3v) is 1.59. The number of phenols is 1. The van der Waals surface area contributed by atoms with E-state index in [4.69, 9.17) is 9.44 Å². The summed E-state index contributed by atoms with van der Waals surface area (Å²) in [6.07, 6.45) is 0. The number of benzene rings is 1. The first-order valence-electron chi connectivity index (χ1n) is 3.17. The molecule has 2 rings (SSSR count). The first kappa shape index (κ1) is 6.28. The molecule has 0 unspecified atom stereocenters. The molecule has 1 aromatic heterocycles. The van der Waals surface area contributed by atoms with E-state index >= 15 is 0 Å². The zero-order valence-corrected chi connectivity index (χ0v) is 5.61. The van der Waals surface area contributed by atoms with Crippen LogP contribution in [0.2, 0.25) is 0 Å². The molecule has 0 saturated carbocycles. The summed E-state index contributed by atoms with van der Waals surface area (Å²) < 4.78 is 4.69. The standard InChI is InChI=1S/C7H5BO3/c9-5-3-1-2-4-6(5)7(10)11-8-4/h1-3,9-10H. The summed E-state index contributed by atoms with van der Waals surface area (Å²) in [5.74, 6) is -0.202. The van der Waals surface area contributed by atoms with E-state index in [-0.39, 0.29) is 11.7 Å². The van der Waals surface area contributed by atoms with E-state index in [1.54, 1.807) is 12.1 Å². The van der Waals surface area contributed by atoms with Gasteiger partial charge in [-0.3, -0.25) is 0 Å². The third kappa shape index (κ3) is 0.791. The molecule has 0 aliphatic rings. The second kappa shape index (κ2) is 2.02. The summed E-state index contributed by atoms with van der Waals surface area (Å²) in [5.41, 5.74) is 0. The number of hydrogen-bond donors (Lipinski definition) is 2. The fourth-order valence-corrected chi connectivity index (χ4v) is 1.07. The van der Waals surface area contributed by atoms with Crippen molar-refractivity contribution in [1.29, 1.82) is 0 Å². The SMILES string of the molecule is Oc1cccc2boc(O)c12. The van der Waals surface area contributed by atoms with Gasteiger partial charge >= 0.3 is 62.2 Å². The van der Waals surface area contributed by atoms with E-state index in [0.717, 1.165) is 0 Å². The molecule has 1 aromatic carbocycles. The number of aromatic hydroxyl groups is 2. The summed E-state index contributed by atoms with van der Waals surface area (Å²) in [6, 6.07) is 4.93. The molecule has 0 radical (unpaired) electrons. The van der Waals surface area contributed by atoms with Gasteiger partial charge in [0.15, 0.2) is 0 Å². The fraction of sp³-hybridized carbons (Fsp3) is 0. The van der Waals surface area contributed by atoms with E-state index in [1.807, 2.05) is 0 Å². The van der Waals surface area contributed by atoms with Gasteiger partial charge in [-0.2, -0.15) is 0 Å². The number of rotatable bonds is 0. The molecule has 2 aromatic rings. The Morgan fingerprint density at radius 1 is 1.27 bits per heavy atom. The van der Waals surface area contributed by atoms with E-state index in [9.17, 15) is 5.11 Å². The normalized spacial score (nSPS) is 10.2. The Morgan fingerprint density at radius 2 is 2.09 bits per heavy atom. The van der Waals surface area contributed by atoms with Gasteiger partial charge in [-0.1, -0.05) is 0 Å². The van der Waals surface area contributed by atoms with Crippen molar-refractivity contribution in [3.05, 3.63) is 18.2 Å². The third-order valence-electron chi connectivity index (χ3n) is 1.59. The van der Waals surface area contributed by atoms with Crippen LogP contribution in [-0.4, -0.2) is 17.3 Å². The van der Waals surface area contributed by atoms with Crippen molar-refractivity contribution in [1.82, 2.24) is 0 Å². The Bertz CT molecular complexity index is 393. The van der Waals surface area contributed by atoms with Gasteiger partial charge in [0.2, 0.25) is 0 Å². The van der Waals surface area contributed by atoms with Crippen molar-refractivity contribution in [2.24, 2.45) is 0 Å². The molecule has 0 fully saturated rings. The zero-order chi connectivity index (χ0) is 7.84. The first-order chi connectivity index (χ1) is 5.29. The van der Waals surface area contributed by atoms with Crippen LogP contribution >= 0.6 is 0 Å². The van der Waals surface area contributed by atoms with Crippen LogP contribution in [0.5, 0.6) is 11.7 Å². The molecule has 0 atom stereocenters. The Morgan fingerprint density at radius 3 is 2.82 bits per heavy atom. The minimum absolute atomic E-state index is 0.0359. The Kier molecular flexibility index (Phi) is 1.15. The van der Waals surface area contributed by atoms with E-state index in [2.05, 4.69) is 0 Å². The van der Waals surface area contributed by atoms with E-state index in [1.165, 1.54) is 13.2 Å². The fourth-order valence-electron chi connectivity index (χ4n) is 1.07. The Labute approximate surface area is 63.1 Å². The molecule has 4 heteroatoms. The second-order valence-electron chi connectivity index (χ2n) is 2.28. The molecule has 0 aliphatic heterocycles. The topological polar surface area (TPSA) is 53.6 Å². The van der Waals surface area contributed by atoms with Crippen LogP contribution in [-0.2, 0) is 0 Å². The monoisotopic (exact) mass is 148 g/mol. The van der Waals surface area contributed by atoms with E-state index in [0.29, 0.717) is 10.7 Å². The van der Waals surface area contributed by atoms with Crippen LogP contribution in [0, 0.1) is 0 Å². The summed E-state index contributed by atoms with van der Waals surface area (Å²) >= 11 is 0. The van der Waals surface area contributed by atoms with Gasteiger partial charge < -0.3 is 0 Å². The quantitative estimate of drug-likeness (QED) is 0.589. The maximum atomic E-state index is 9.22. The van der Waals surface area contributed by atoms with Crippen LogP contribution in [0.4, 0.5) is 0 Å². The van der Waals surface area contributed by atoms with Crippen LogP contribution in [0.3, 0.4) is 0 Å². The number of hydrogen-bond acceptors (Lipinski definition) is 3. The van der Waals surface area contributed by atoms with Gasteiger partial charge in [-0.05, 0) is 0 Å². The van der Waals surface area contributed by atoms with Crippen molar-refractivity contribution in [2.75, 3.05) is 0 Å². The van der Waals surface area contributed by atoms with Crippen molar-refractivity contribution < 1.29 is 14.5 Å². The number of fused-ring (bicyclic) bond motifs is 1. The minimum atomic E-state index is -0.238. The van der Waals surface area contributed by atoms with Crippen LogP contribution in [0.1, 0.15) is 0 Å². The van der Waals surface area contributed by atoms with Gasteiger partial charge in [-0.15, -0.1) is 0 Å². The maximum absolute atomic E-state index is 9.22. The van der Waals surface area contributed by atoms with Gasteiger partial charge in [-0.25, -0.2) is 0 Å². The molecule has 0 spiro atoms. The zero-order valence-electron chi connectivity index (χ0n) is 5.61. The van der Waals surface area contributed by atoms with E-state index < -0.39 is 0 Å². The predicted molar refractivity (Wildman–Crippen MR) is 40.9 cm³/mol. The summed E-state index contributed by atoms with van der Waals surface area (Å²) in [5, 5.41) is 19.4. The first-order valence-corrected chi connectivity index (χ1v) is 3.17. The molecule has 3 nitrogen and oxygen atoms in total. The molecule has 0 saturated heterocycles. The average Bonchev–Trinajstić information content (AvgIpc) is 2.34. The predicted octanol–water partition coefficient (Wildman–Crippen LogP) is 1.18. The molecule has 1 heterocycles. The molecule has 0 bridgehead atoms. The Balaban J connectivity index is 2.96. The molecule has 0 amide bonds. The summed E-state index contributed by atoms with van der Waals surface area (Å²) in [4.78, 5) is 0. The van der Waals surface area contributed by atoms with Gasteiger partial charge in [0.25, 0.3) is 0 Å². The average molecular weight is 148 g/mol. The molecule has 0 aliphatic carbocycles. The van der Waals surface area contributed by atoms with Crippen molar-refractivity contribution in [2.45, 2.75) is 0 Å². The van der Waals surface area contributed by atoms with Crippen LogP contribution < -0.4 is 0 Å². The summed E-state index contributed by atoms with van der Waals surface area (Å²) in [7, 11) is 1.39. The van der Waals surface area contributed by atoms with Crippen LogP contribution in [0.25, 0.3) is 10.7 Å². The molecule has 54 valence electrons. The second-order valence-corrected chi connectivity index (χ2v) is 2.28. The Hall–Kier alpha value is -1.45. The van der Waals surface area contributed by atoms with Crippen molar-refractivity contribution >= 4 is 17.8 Å². The molecular weight excluding hydrogens is 143 g/mol. The molecular formula is C7H5BO3.